The molecule has 1 heterocycles. The molecule has 0 atom stereocenters. The fourth-order valence-corrected chi connectivity index (χ4v) is 3.12. The maximum absolute atomic E-state index is 12.0. The maximum atomic E-state index is 12.0. The maximum Gasteiger partial charge on any atom is 0.410 e. The number of halogens is 2. The predicted octanol–water partition coefficient (Wildman–Crippen LogP) is 4.59. The third-order valence-electron chi connectivity index (χ3n) is 3.74. The Balaban J connectivity index is 1.79. The van der Waals surface area contributed by atoms with E-state index in [2.05, 4.69) is 21.2 Å². The molecule has 128 valence electrons. The zero-order valence-electron chi connectivity index (χ0n) is 13.9. The van der Waals surface area contributed by atoms with Gasteiger partial charge in [-0.05, 0) is 57.4 Å². The molecule has 4 nitrogen and oxygen atoms in total. The summed E-state index contributed by atoms with van der Waals surface area (Å²) in [5, 5.41) is 4.30. The summed E-state index contributed by atoms with van der Waals surface area (Å²) in [6.45, 7) is 7.84. The highest BCUT2D eigenvalue weighted by atomic mass is 79.9. The zero-order chi connectivity index (χ0) is 17.0. The lowest BCUT2D eigenvalue weighted by Crippen LogP contribution is -2.46. The Morgan fingerprint density at radius 2 is 2.04 bits per heavy atom. The van der Waals surface area contributed by atoms with Crippen molar-refractivity contribution in [2.24, 2.45) is 0 Å². The molecule has 0 spiro atoms. The Hall–Kier alpha value is -0.780. The first-order chi connectivity index (χ1) is 10.7. The second-order valence-corrected chi connectivity index (χ2v) is 8.18. The van der Waals surface area contributed by atoms with Gasteiger partial charge in [-0.2, -0.15) is 0 Å². The van der Waals surface area contributed by atoms with E-state index in [4.69, 9.17) is 16.3 Å². The summed E-state index contributed by atoms with van der Waals surface area (Å²) < 4.78 is 6.44. The topological polar surface area (TPSA) is 41.6 Å². The third-order valence-corrected chi connectivity index (χ3v) is 4.60. The molecule has 0 radical (unpaired) electrons. The van der Waals surface area contributed by atoms with Crippen LogP contribution in [0, 0.1) is 0 Å². The number of amides is 1. The fraction of sp³-hybridized carbons (Fsp3) is 0.588. The lowest BCUT2D eigenvalue weighted by Gasteiger charge is -2.33. The molecule has 1 N–H and O–H groups in total. The van der Waals surface area contributed by atoms with Crippen LogP contribution in [-0.2, 0) is 11.3 Å². The molecule has 1 aliphatic heterocycles. The van der Waals surface area contributed by atoms with E-state index in [0.29, 0.717) is 6.04 Å². The smallest absolute Gasteiger partial charge is 0.410 e. The van der Waals surface area contributed by atoms with Crippen molar-refractivity contribution in [1.29, 1.82) is 0 Å². The van der Waals surface area contributed by atoms with Crippen molar-refractivity contribution in [3.8, 4) is 0 Å². The van der Waals surface area contributed by atoms with Gasteiger partial charge in [0.1, 0.15) is 5.60 Å². The van der Waals surface area contributed by atoms with Crippen molar-refractivity contribution in [2.75, 3.05) is 13.1 Å². The SMILES string of the molecule is CC(C)(C)OC(=O)N1CCC(NCc2cc(Br)ccc2Cl)CC1. The number of likely N-dealkylation sites (tertiary alicyclic amines) is 1. The van der Waals surface area contributed by atoms with Crippen molar-refractivity contribution in [2.45, 2.75) is 51.8 Å². The average Bonchev–Trinajstić information content (AvgIpc) is 2.47. The van der Waals surface area contributed by atoms with Gasteiger partial charge in [-0.3, -0.25) is 0 Å². The number of benzene rings is 1. The number of nitrogens with zero attached hydrogens (tertiary/aromatic N) is 1. The molecule has 0 saturated carbocycles. The van der Waals surface area contributed by atoms with Gasteiger partial charge in [0.25, 0.3) is 0 Å². The quantitative estimate of drug-likeness (QED) is 0.802. The van der Waals surface area contributed by atoms with E-state index < -0.39 is 5.60 Å². The van der Waals surface area contributed by atoms with Crippen LogP contribution < -0.4 is 5.32 Å². The van der Waals surface area contributed by atoms with Gasteiger partial charge in [0, 0.05) is 35.2 Å². The lowest BCUT2D eigenvalue weighted by molar-refractivity contribution is 0.0198. The number of rotatable bonds is 3. The molecule has 6 heteroatoms. The largest absolute Gasteiger partial charge is 0.444 e. The van der Waals surface area contributed by atoms with E-state index in [1.54, 1.807) is 4.90 Å². The summed E-state index contributed by atoms with van der Waals surface area (Å²) in [5.41, 5.74) is 0.638. The molecule has 23 heavy (non-hydrogen) atoms. The van der Waals surface area contributed by atoms with Gasteiger partial charge in [0.2, 0.25) is 0 Å². The number of ether oxygens (including phenoxy) is 1. The monoisotopic (exact) mass is 402 g/mol. The van der Waals surface area contributed by atoms with E-state index in [1.807, 2.05) is 39.0 Å². The first-order valence-electron chi connectivity index (χ1n) is 7.90. The van der Waals surface area contributed by atoms with Crippen LogP contribution in [0.2, 0.25) is 5.02 Å². The molecule has 0 bridgehead atoms. The van der Waals surface area contributed by atoms with Crippen molar-refractivity contribution >= 4 is 33.6 Å². The molecule has 0 aliphatic carbocycles. The van der Waals surface area contributed by atoms with Crippen LogP contribution >= 0.6 is 27.5 Å². The molecule has 0 unspecified atom stereocenters. The van der Waals surface area contributed by atoms with Crippen molar-refractivity contribution in [1.82, 2.24) is 10.2 Å². The van der Waals surface area contributed by atoms with Crippen LogP contribution in [0.5, 0.6) is 0 Å². The van der Waals surface area contributed by atoms with Crippen LogP contribution in [0.15, 0.2) is 22.7 Å². The average molecular weight is 404 g/mol. The molecular weight excluding hydrogens is 380 g/mol. The zero-order valence-corrected chi connectivity index (χ0v) is 16.2. The highest BCUT2D eigenvalue weighted by Crippen LogP contribution is 2.22. The van der Waals surface area contributed by atoms with E-state index in [1.165, 1.54) is 0 Å². The number of hydrogen-bond donors (Lipinski definition) is 1. The number of piperidine rings is 1. The van der Waals surface area contributed by atoms with Gasteiger partial charge < -0.3 is 15.0 Å². The summed E-state index contributed by atoms with van der Waals surface area (Å²) in [6, 6.07) is 6.26. The molecule has 2 rings (SSSR count). The minimum atomic E-state index is -0.441. The van der Waals surface area contributed by atoms with E-state index in [0.717, 1.165) is 47.5 Å². The minimum absolute atomic E-state index is 0.217. The van der Waals surface area contributed by atoms with Crippen molar-refractivity contribution < 1.29 is 9.53 Å². The van der Waals surface area contributed by atoms with Gasteiger partial charge in [-0.25, -0.2) is 4.79 Å². The molecule has 1 saturated heterocycles. The van der Waals surface area contributed by atoms with Gasteiger partial charge in [-0.15, -0.1) is 0 Å². The summed E-state index contributed by atoms with van der Waals surface area (Å²) in [5.74, 6) is 0. The van der Waals surface area contributed by atoms with Crippen LogP contribution in [-0.4, -0.2) is 35.7 Å². The van der Waals surface area contributed by atoms with E-state index in [-0.39, 0.29) is 6.09 Å². The van der Waals surface area contributed by atoms with Crippen LogP contribution in [0.1, 0.15) is 39.2 Å². The van der Waals surface area contributed by atoms with Gasteiger partial charge in [0.05, 0.1) is 0 Å². The Morgan fingerprint density at radius 3 is 2.65 bits per heavy atom. The fourth-order valence-electron chi connectivity index (χ4n) is 2.53. The normalized spacial score (nSPS) is 16.5. The standard InChI is InChI=1S/C17H24BrClN2O2/c1-17(2,3)23-16(22)21-8-6-14(7-9-21)20-11-12-10-13(18)4-5-15(12)19/h4-5,10,14,20H,6-9,11H2,1-3H3. The Bertz CT molecular complexity index is 552. The second kappa shape index (κ2) is 7.86. The molecule has 1 aliphatic rings. The Labute approximate surface area is 151 Å². The third kappa shape index (κ3) is 5.98. The highest BCUT2D eigenvalue weighted by Gasteiger charge is 2.26. The van der Waals surface area contributed by atoms with Crippen molar-refractivity contribution in [3.05, 3.63) is 33.3 Å². The summed E-state index contributed by atoms with van der Waals surface area (Å²) in [6.07, 6.45) is 1.63. The van der Waals surface area contributed by atoms with Gasteiger partial charge >= 0.3 is 6.09 Å². The number of carbonyl (C=O) groups is 1. The molecule has 1 aromatic rings. The summed E-state index contributed by atoms with van der Waals surface area (Å²) >= 11 is 9.68. The molecule has 1 fully saturated rings. The highest BCUT2D eigenvalue weighted by molar-refractivity contribution is 9.10. The van der Waals surface area contributed by atoms with E-state index >= 15 is 0 Å². The van der Waals surface area contributed by atoms with Crippen LogP contribution in [0.25, 0.3) is 0 Å². The number of carbonyl (C=O) groups excluding carboxylic acids is 1. The Kier molecular flexibility index (Phi) is 6.34. The molecular formula is C17H24BrClN2O2. The van der Waals surface area contributed by atoms with Gasteiger partial charge in [0.15, 0.2) is 0 Å². The van der Waals surface area contributed by atoms with Crippen LogP contribution in [0.4, 0.5) is 4.79 Å². The Morgan fingerprint density at radius 1 is 1.39 bits per heavy atom. The lowest BCUT2D eigenvalue weighted by atomic mass is 10.0. The van der Waals surface area contributed by atoms with Crippen LogP contribution in [0.3, 0.4) is 0 Å². The van der Waals surface area contributed by atoms with Gasteiger partial charge in [-0.1, -0.05) is 27.5 Å². The second-order valence-electron chi connectivity index (χ2n) is 6.86. The number of hydrogen-bond acceptors (Lipinski definition) is 3. The predicted molar refractivity (Wildman–Crippen MR) is 96.8 cm³/mol. The number of nitrogens with one attached hydrogen (secondary N) is 1. The summed E-state index contributed by atoms with van der Waals surface area (Å²) in [4.78, 5) is 13.8. The molecule has 1 aromatic carbocycles. The minimum Gasteiger partial charge on any atom is -0.444 e. The first-order valence-corrected chi connectivity index (χ1v) is 9.07. The molecule has 0 aromatic heterocycles. The molecule has 1 amide bonds. The summed E-state index contributed by atoms with van der Waals surface area (Å²) in [7, 11) is 0. The van der Waals surface area contributed by atoms with Crippen molar-refractivity contribution in [3.63, 3.8) is 0 Å². The van der Waals surface area contributed by atoms with E-state index in [9.17, 15) is 4.79 Å². The first kappa shape index (κ1) is 18.6.